The van der Waals surface area contributed by atoms with Gasteiger partial charge in [0.05, 0.1) is 6.54 Å². The molecule has 0 spiro atoms. The molecule has 0 aromatic heterocycles. The summed E-state index contributed by atoms with van der Waals surface area (Å²) < 4.78 is 0. The molecular formula is C10H20N2S. The van der Waals surface area contributed by atoms with Gasteiger partial charge in [0.1, 0.15) is 0 Å². The first-order valence-corrected chi connectivity index (χ1v) is 5.91. The molecule has 0 aromatic rings. The van der Waals surface area contributed by atoms with Crippen LogP contribution in [0.25, 0.3) is 0 Å². The van der Waals surface area contributed by atoms with Crippen LogP contribution in [0.3, 0.4) is 0 Å². The SMILES string of the molecule is CCCC(C)(C)NC1=NCC(C)S1. The molecule has 2 nitrogen and oxygen atoms in total. The highest BCUT2D eigenvalue weighted by molar-refractivity contribution is 8.14. The number of thioether (sulfide) groups is 1. The first kappa shape index (κ1) is 10.9. The second-order valence-corrected chi connectivity index (χ2v) is 5.76. The van der Waals surface area contributed by atoms with E-state index in [1.807, 2.05) is 11.8 Å². The monoisotopic (exact) mass is 200 g/mol. The molecule has 13 heavy (non-hydrogen) atoms. The maximum absolute atomic E-state index is 4.45. The van der Waals surface area contributed by atoms with Crippen molar-refractivity contribution in [3.63, 3.8) is 0 Å². The van der Waals surface area contributed by atoms with Crippen molar-refractivity contribution in [3.05, 3.63) is 0 Å². The Balaban J connectivity index is 2.39. The lowest BCUT2D eigenvalue weighted by molar-refractivity contribution is 0.423. The lowest BCUT2D eigenvalue weighted by Crippen LogP contribution is -2.41. The van der Waals surface area contributed by atoms with E-state index < -0.39 is 0 Å². The lowest BCUT2D eigenvalue weighted by Gasteiger charge is -2.26. The van der Waals surface area contributed by atoms with Gasteiger partial charge in [-0.1, -0.05) is 32.0 Å². The van der Waals surface area contributed by atoms with Crippen LogP contribution in [0.1, 0.15) is 40.5 Å². The van der Waals surface area contributed by atoms with Crippen molar-refractivity contribution in [2.75, 3.05) is 6.54 Å². The Kier molecular flexibility index (Phi) is 3.65. The lowest BCUT2D eigenvalue weighted by atomic mass is 10.00. The average molecular weight is 200 g/mol. The number of rotatable bonds is 3. The summed E-state index contributed by atoms with van der Waals surface area (Å²) in [5.41, 5.74) is 0.199. The molecule has 0 fully saturated rings. The highest BCUT2D eigenvalue weighted by Crippen LogP contribution is 2.21. The van der Waals surface area contributed by atoms with Crippen molar-refractivity contribution >= 4 is 16.9 Å². The number of nitrogens with one attached hydrogen (secondary N) is 1. The fourth-order valence-corrected chi connectivity index (χ4v) is 2.54. The summed E-state index contributed by atoms with van der Waals surface area (Å²) in [4.78, 5) is 4.45. The summed E-state index contributed by atoms with van der Waals surface area (Å²) >= 11 is 1.86. The largest absolute Gasteiger partial charge is 0.360 e. The molecule has 0 saturated carbocycles. The molecule has 0 amide bonds. The molecule has 1 aliphatic rings. The second kappa shape index (κ2) is 4.36. The first-order valence-electron chi connectivity index (χ1n) is 5.03. The van der Waals surface area contributed by atoms with Gasteiger partial charge in [-0.05, 0) is 20.3 Å². The van der Waals surface area contributed by atoms with Gasteiger partial charge in [-0.15, -0.1) is 0 Å². The maximum atomic E-state index is 4.45. The normalized spacial score (nSPS) is 23.1. The smallest absolute Gasteiger partial charge is 0.157 e. The molecule has 1 N–H and O–H groups in total. The summed E-state index contributed by atoms with van der Waals surface area (Å²) in [5, 5.41) is 5.28. The zero-order chi connectivity index (χ0) is 9.90. The molecule has 3 heteroatoms. The molecule has 1 aliphatic heterocycles. The van der Waals surface area contributed by atoms with Crippen molar-refractivity contribution < 1.29 is 0 Å². The second-order valence-electron chi connectivity index (χ2n) is 4.33. The number of hydrogen-bond acceptors (Lipinski definition) is 3. The standard InChI is InChI=1S/C10H20N2S/c1-5-6-10(3,4)12-9-11-7-8(2)13-9/h8H,5-7H2,1-4H3,(H,11,12). The molecule has 0 aliphatic carbocycles. The predicted molar refractivity (Wildman–Crippen MR) is 61.5 cm³/mol. The minimum atomic E-state index is 0.199. The summed E-state index contributed by atoms with van der Waals surface area (Å²) in [5.74, 6) is 0. The van der Waals surface area contributed by atoms with Crippen molar-refractivity contribution in [3.8, 4) is 0 Å². The molecule has 0 radical (unpaired) electrons. The Morgan fingerprint density at radius 3 is 2.77 bits per heavy atom. The summed E-state index contributed by atoms with van der Waals surface area (Å²) in [6.45, 7) is 9.88. The van der Waals surface area contributed by atoms with Crippen LogP contribution >= 0.6 is 11.8 Å². The van der Waals surface area contributed by atoms with Crippen molar-refractivity contribution in [2.24, 2.45) is 4.99 Å². The van der Waals surface area contributed by atoms with Gasteiger partial charge >= 0.3 is 0 Å². The number of nitrogens with zero attached hydrogens (tertiary/aromatic N) is 1. The van der Waals surface area contributed by atoms with E-state index in [2.05, 4.69) is 38.0 Å². The van der Waals surface area contributed by atoms with Gasteiger partial charge in [-0.2, -0.15) is 0 Å². The van der Waals surface area contributed by atoms with Gasteiger partial charge in [0.25, 0.3) is 0 Å². The van der Waals surface area contributed by atoms with Gasteiger partial charge in [0.2, 0.25) is 0 Å². The van der Waals surface area contributed by atoms with E-state index in [1.54, 1.807) is 0 Å². The Bertz CT molecular complexity index is 199. The third-order valence-corrected chi connectivity index (χ3v) is 3.13. The summed E-state index contributed by atoms with van der Waals surface area (Å²) in [7, 11) is 0. The van der Waals surface area contributed by atoms with Crippen LogP contribution in [-0.4, -0.2) is 22.5 Å². The Morgan fingerprint density at radius 2 is 2.31 bits per heavy atom. The number of aliphatic imine (C=N–C) groups is 1. The average Bonchev–Trinajstić information content (AvgIpc) is 2.34. The fourth-order valence-electron chi connectivity index (χ4n) is 1.52. The number of hydrogen-bond donors (Lipinski definition) is 1. The van der Waals surface area contributed by atoms with Gasteiger partial charge in [0.15, 0.2) is 5.17 Å². The van der Waals surface area contributed by atoms with Crippen LogP contribution in [0.2, 0.25) is 0 Å². The predicted octanol–water partition coefficient (Wildman–Crippen LogP) is 2.65. The zero-order valence-electron chi connectivity index (χ0n) is 9.05. The zero-order valence-corrected chi connectivity index (χ0v) is 9.87. The van der Waals surface area contributed by atoms with E-state index in [0.717, 1.165) is 11.7 Å². The van der Waals surface area contributed by atoms with Crippen LogP contribution in [-0.2, 0) is 0 Å². The van der Waals surface area contributed by atoms with E-state index in [1.165, 1.54) is 12.8 Å². The topological polar surface area (TPSA) is 24.4 Å². The van der Waals surface area contributed by atoms with Crippen LogP contribution < -0.4 is 5.32 Å². The van der Waals surface area contributed by atoms with Crippen molar-refractivity contribution in [2.45, 2.75) is 51.3 Å². The van der Waals surface area contributed by atoms with Crippen molar-refractivity contribution in [1.29, 1.82) is 0 Å². The molecule has 0 saturated heterocycles. The fraction of sp³-hybridized carbons (Fsp3) is 0.900. The van der Waals surface area contributed by atoms with E-state index in [9.17, 15) is 0 Å². The first-order chi connectivity index (χ1) is 6.03. The molecule has 1 rings (SSSR count). The Hall–Kier alpha value is -0.180. The highest BCUT2D eigenvalue weighted by Gasteiger charge is 2.22. The minimum Gasteiger partial charge on any atom is -0.360 e. The third kappa shape index (κ3) is 3.59. The van der Waals surface area contributed by atoms with Crippen molar-refractivity contribution in [1.82, 2.24) is 5.32 Å². The van der Waals surface area contributed by atoms with E-state index in [0.29, 0.717) is 5.25 Å². The van der Waals surface area contributed by atoms with Gasteiger partial charge in [-0.25, -0.2) is 0 Å². The molecule has 1 atom stereocenters. The number of amidine groups is 1. The van der Waals surface area contributed by atoms with E-state index in [4.69, 9.17) is 0 Å². The van der Waals surface area contributed by atoms with Crippen LogP contribution in [0.15, 0.2) is 4.99 Å². The molecule has 0 bridgehead atoms. The quantitative estimate of drug-likeness (QED) is 0.757. The highest BCUT2D eigenvalue weighted by atomic mass is 32.2. The minimum absolute atomic E-state index is 0.199. The van der Waals surface area contributed by atoms with E-state index >= 15 is 0 Å². The molecule has 76 valence electrons. The van der Waals surface area contributed by atoms with Crippen LogP contribution in [0.5, 0.6) is 0 Å². The molecule has 1 heterocycles. The molecule has 1 unspecified atom stereocenters. The Labute approximate surface area is 85.6 Å². The summed E-state index contributed by atoms with van der Waals surface area (Å²) in [6.07, 6.45) is 2.41. The third-order valence-electron chi connectivity index (χ3n) is 2.13. The van der Waals surface area contributed by atoms with E-state index in [-0.39, 0.29) is 5.54 Å². The van der Waals surface area contributed by atoms with Crippen LogP contribution in [0.4, 0.5) is 0 Å². The molecule has 0 aromatic carbocycles. The maximum Gasteiger partial charge on any atom is 0.157 e. The van der Waals surface area contributed by atoms with Gasteiger partial charge in [-0.3, -0.25) is 4.99 Å². The van der Waals surface area contributed by atoms with Gasteiger partial charge < -0.3 is 5.32 Å². The van der Waals surface area contributed by atoms with Crippen LogP contribution in [0, 0.1) is 0 Å². The van der Waals surface area contributed by atoms with Gasteiger partial charge in [0, 0.05) is 10.8 Å². The Morgan fingerprint density at radius 1 is 1.62 bits per heavy atom. The summed E-state index contributed by atoms with van der Waals surface area (Å²) in [6, 6.07) is 0. The molecular weight excluding hydrogens is 180 g/mol.